The van der Waals surface area contributed by atoms with Gasteiger partial charge in [0, 0.05) is 6.08 Å². The number of anilines is 1. The number of amides is 1. The number of rotatable bonds is 5. The lowest BCUT2D eigenvalue weighted by molar-refractivity contribution is -0.131. The van der Waals surface area contributed by atoms with Crippen molar-refractivity contribution in [1.82, 2.24) is 0 Å². The van der Waals surface area contributed by atoms with E-state index in [0.29, 0.717) is 12.1 Å². The van der Waals surface area contributed by atoms with Crippen molar-refractivity contribution < 1.29 is 19.5 Å². The van der Waals surface area contributed by atoms with Gasteiger partial charge in [0.1, 0.15) is 0 Å². The topological polar surface area (TPSA) is 66.8 Å². The number of hydrogen-bond donors (Lipinski definition) is 1. The molecule has 0 radical (unpaired) electrons. The van der Waals surface area contributed by atoms with Gasteiger partial charge < -0.3 is 5.11 Å². The molecule has 0 heterocycles. The molecule has 0 aliphatic heterocycles. The molecule has 19 heavy (non-hydrogen) atoms. The Hall–Kier alpha value is -2.14. The summed E-state index contributed by atoms with van der Waals surface area (Å²) in [6, 6.07) is 6.78. The van der Waals surface area contributed by atoms with Crippen LogP contribution < -0.4 is 5.06 Å². The van der Waals surface area contributed by atoms with Crippen LogP contribution in [0.2, 0.25) is 0 Å². The first-order chi connectivity index (χ1) is 8.81. The summed E-state index contributed by atoms with van der Waals surface area (Å²) >= 11 is 0. The molecule has 0 spiro atoms. The standard InChI is InChI=1S/C14H17NO4/c1-14(2,3)19-15(10-16)12-7-4-11(5-8-12)6-9-13(17)18/h4-10H,1-3H3,(H,17,18)/b9-6+. The second kappa shape index (κ2) is 6.15. The largest absolute Gasteiger partial charge is 0.478 e. The second-order valence-corrected chi connectivity index (χ2v) is 4.90. The highest BCUT2D eigenvalue weighted by Gasteiger charge is 2.17. The molecule has 5 heteroatoms. The van der Waals surface area contributed by atoms with E-state index in [4.69, 9.17) is 9.94 Å². The summed E-state index contributed by atoms with van der Waals surface area (Å²) in [4.78, 5) is 26.8. The maximum Gasteiger partial charge on any atom is 0.328 e. The van der Waals surface area contributed by atoms with Crippen LogP contribution >= 0.6 is 0 Å². The van der Waals surface area contributed by atoms with E-state index in [0.717, 1.165) is 16.7 Å². The third kappa shape index (κ3) is 5.35. The summed E-state index contributed by atoms with van der Waals surface area (Å²) in [6.45, 7) is 5.52. The minimum atomic E-state index is -1.00. The highest BCUT2D eigenvalue weighted by Crippen LogP contribution is 2.19. The number of hydrogen-bond acceptors (Lipinski definition) is 3. The summed E-state index contributed by atoms with van der Waals surface area (Å²) in [5, 5.41) is 9.67. The predicted octanol–water partition coefficient (Wildman–Crippen LogP) is 2.48. The zero-order chi connectivity index (χ0) is 14.5. The predicted molar refractivity (Wildman–Crippen MR) is 72.5 cm³/mol. The molecule has 0 saturated carbocycles. The monoisotopic (exact) mass is 263 g/mol. The van der Waals surface area contributed by atoms with Crippen LogP contribution in [-0.2, 0) is 14.4 Å². The van der Waals surface area contributed by atoms with Gasteiger partial charge in [0.05, 0.1) is 11.3 Å². The van der Waals surface area contributed by atoms with E-state index in [9.17, 15) is 9.59 Å². The van der Waals surface area contributed by atoms with Crippen molar-refractivity contribution in [2.24, 2.45) is 0 Å². The van der Waals surface area contributed by atoms with Crippen LogP contribution in [0, 0.1) is 0 Å². The first kappa shape index (κ1) is 14.9. The molecule has 1 N–H and O–H groups in total. The number of carboxylic acid groups (broad SMARTS) is 1. The molecule has 1 aromatic carbocycles. The van der Waals surface area contributed by atoms with Gasteiger partial charge in [-0.05, 0) is 44.5 Å². The van der Waals surface area contributed by atoms with E-state index in [1.54, 1.807) is 24.3 Å². The van der Waals surface area contributed by atoms with E-state index in [-0.39, 0.29) is 0 Å². The quantitative estimate of drug-likeness (QED) is 0.503. The first-order valence-electron chi connectivity index (χ1n) is 5.76. The lowest BCUT2D eigenvalue weighted by Gasteiger charge is -2.26. The SMILES string of the molecule is CC(C)(C)ON(C=O)c1ccc(/C=C/C(=O)O)cc1. The van der Waals surface area contributed by atoms with E-state index in [1.165, 1.54) is 6.08 Å². The van der Waals surface area contributed by atoms with Crippen molar-refractivity contribution in [3.8, 4) is 0 Å². The van der Waals surface area contributed by atoms with E-state index < -0.39 is 11.6 Å². The number of nitrogens with zero attached hydrogens (tertiary/aromatic N) is 1. The van der Waals surface area contributed by atoms with Gasteiger partial charge in [-0.1, -0.05) is 12.1 Å². The van der Waals surface area contributed by atoms with Gasteiger partial charge in [-0.3, -0.25) is 9.63 Å². The van der Waals surface area contributed by atoms with Gasteiger partial charge in [-0.2, -0.15) is 5.06 Å². The van der Waals surface area contributed by atoms with E-state index in [2.05, 4.69) is 0 Å². The van der Waals surface area contributed by atoms with Crippen molar-refractivity contribution in [3.63, 3.8) is 0 Å². The average molecular weight is 263 g/mol. The number of carbonyl (C=O) groups excluding carboxylic acids is 1. The molecule has 0 fully saturated rings. The van der Waals surface area contributed by atoms with Crippen LogP contribution in [0.5, 0.6) is 0 Å². The number of aliphatic carboxylic acids is 1. The summed E-state index contributed by atoms with van der Waals surface area (Å²) in [5.74, 6) is -1.00. The van der Waals surface area contributed by atoms with Crippen molar-refractivity contribution >= 4 is 24.1 Å². The Morgan fingerprint density at radius 1 is 1.26 bits per heavy atom. The van der Waals surface area contributed by atoms with Gasteiger partial charge in [-0.15, -0.1) is 0 Å². The molecule has 0 saturated heterocycles. The fraction of sp³-hybridized carbons (Fsp3) is 0.286. The highest BCUT2D eigenvalue weighted by molar-refractivity contribution is 5.85. The Kier molecular flexibility index (Phi) is 4.83. The summed E-state index contributed by atoms with van der Waals surface area (Å²) < 4.78 is 0. The van der Waals surface area contributed by atoms with Crippen molar-refractivity contribution in [2.45, 2.75) is 26.4 Å². The molecule has 102 valence electrons. The molecule has 5 nitrogen and oxygen atoms in total. The number of carboxylic acids is 1. The maximum absolute atomic E-state index is 11.0. The van der Waals surface area contributed by atoms with E-state index in [1.807, 2.05) is 20.8 Å². The van der Waals surface area contributed by atoms with Gasteiger partial charge in [0.15, 0.2) is 0 Å². The molecule has 0 aliphatic rings. The summed E-state index contributed by atoms with van der Waals surface area (Å²) in [6.07, 6.45) is 3.12. The third-order valence-electron chi connectivity index (χ3n) is 2.03. The van der Waals surface area contributed by atoms with Crippen molar-refractivity contribution in [2.75, 3.05) is 5.06 Å². The van der Waals surface area contributed by atoms with Crippen LogP contribution in [0.1, 0.15) is 26.3 Å². The van der Waals surface area contributed by atoms with Crippen LogP contribution in [0.3, 0.4) is 0 Å². The minimum absolute atomic E-state index is 0.483. The zero-order valence-corrected chi connectivity index (χ0v) is 11.2. The van der Waals surface area contributed by atoms with Gasteiger partial charge in [0.2, 0.25) is 6.41 Å². The average Bonchev–Trinajstić information content (AvgIpc) is 2.33. The minimum Gasteiger partial charge on any atom is -0.478 e. The van der Waals surface area contributed by atoms with Gasteiger partial charge in [0.25, 0.3) is 0 Å². The van der Waals surface area contributed by atoms with Crippen molar-refractivity contribution in [1.29, 1.82) is 0 Å². The molecule has 1 aromatic rings. The smallest absolute Gasteiger partial charge is 0.328 e. The maximum atomic E-state index is 11.0. The molecule has 0 aromatic heterocycles. The van der Waals surface area contributed by atoms with Crippen LogP contribution in [0.15, 0.2) is 30.3 Å². The molecule has 0 unspecified atom stereocenters. The third-order valence-corrected chi connectivity index (χ3v) is 2.03. The number of benzene rings is 1. The van der Waals surface area contributed by atoms with Crippen LogP contribution in [-0.4, -0.2) is 23.1 Å². The Morgan fingerprint density at radius 2 is 1.84 bits per heavy atom. The van der Waals surface area contributed by atoms with E-state index >= 15 is 0 Å². The first-order valence-corrected chi connectivity index (χ1v) is 5.76. The van der Waals surface area contributed by atoms with Gasteiger partial charge >= 0.3 is 5.97 Å². The molecular weight excluding hydrogens is 246 g/mol. The van der Waals surface area contributed by atoms with Crippen LogP contribution in [0.4, 0.5) is 5.69 Å². The second-order valence-electron chi connectivity index (χ2n) is 4.90. The fourth-order valence-electron chi connectivity index (χ4n) is 1.33. The molecular formula is C14H17NO4. The fourth-order valence-corrected chi connectivity index (χ4v) is 1.33. The molecule has 0 atom stereocenters. The number of hydroxylamine groups is 1. The van der Waals surface area contributed by atoms with Gasteiger partial charge in [-0.25, -0.2) is 4.79 Å². The Balaban J connectivity index is 2.84. The lowest BCUT2D eigenvalue weighted by atomic mass is 10.2. The normalized spacial score (nSPS) is 11.5. The lowest BCUT2D eigenvalue weighted by Crippen LogP contribution is -2.32. The zero-order valence-electron chi connectivity index (χ0n) is 11.2. The Bertz CT molecular complexity index is 471. The molecule has 0 aliphatic carbocycles. The highest BCUT2D eigenvalue weighted by atomic mass is 16.7. The Labute approximate surface area is 112 Å². The number of carbonyl (C=O) groups is 2. The molecule has 1 amide bonds. The summed E-state index contributed by atoms with van der Waals surface area (Å²) in [7, 11) is 0. The van der Waals surface area contributed by atoms with Crippen molar-refractivity contribution in [3.05, 3.63) is 35.9 Å². The summed E-state index contributed by atoms with van der Waals surface area (Å²) in [5.41, 5.74) is 0.827. The molecule has 1 rings (SSSR count). The molecule has 0 bridgehead atoms. The Morgan fingerprint density at radius 3 is 2.26 bits per heavy atom. The van der Waals surface area contributed by atoms with Crippen LogP contribution in [0.25, 0.3) is 6.08 Å².